The fourth-order valence-electron chi connectivity index (χ4n) is 3.43. The minimum atomic E-state index is -0.830. The Kier molecular flexibility index (Phi) is 15.3. The van der Waals surface area contributed by atoms with Crippen molar-refractivity contribution in [3.63, 3.8) is 0 Å². The Morgan fingerprint density at radius 2 is 1.89 bits per heavy atom. The Morgan fingerprint density at radius 1 is 1.13 bits per heavy atom. The summed E-state index contributed by atoms with van der Waals surface area (Å²) in [5.74, 6) is 0.600. The highest BCUT2D eigenvalue weighted by molar-refractivity contribution is 6.30. The second-order valence-electron chi connectivity index (χ2n) is 8.51. The third kappa shape index (κ3) is 14.4. The first-order chi connectivity index (χ1) is 18.5. The molecule has 206 valence electrons. The lowest BCUT2D eigenvalue weighted by atomic mass is 10.1. The summed E-state index contributed by atoms with van der Waals surface area (Å²) in [6.07, 6.45) is 13.8. The molecule has 0 aromatic heterocycles. The van der Waals surface area contributed by atoms with Gasteiger partial charge in [0.05, 0.1) is 12.7 Å². The van der Waals surface area contributed by atoms with Crippen LogP contribution < -0.4 is 4.74 Å². The van der Waals surface area contributed by atoms with Gasteiger partial charge in [0.1, 0.15) is 19.0 Å². The molecule has 1 saturated heterocycles. The summed E-state index contributed by atoms with van der Waals surface area (Å²) in [4.78, 5) is 25.8. The molecule has 0 amide bonds. The summed E-state index contributed by atoms with van der Waals surface area (Å²) in [6.45, 7) is 3.63. The molecule has 8 nitrogen and oxygen atoms in total. The van der Waals surface area contributed by atoms with Gasteiger partial charge in [-0.25, -0.2) is 0 Å². The number of carbonyl (C=O) groups is 1. The molecule has 38 heavy (non-hydrogen) atoms. The molecule has 1 aliphatic rings. The van der Waals surface area contributed by atoms with E-state index in [1.807, 2.05) is 43.3 Å². The highest BCUT2D eigenvalue weighted by atomic mass is 35.5. The molecule has 0 saturated carbocycles. The molecule has 1 aliphatic heterocycles. The van der Waals surface area contributed by atoms with Gasteiger partial charge in [0, 0.05) is 18.1 Å². The predicted octanol–water partition coefficient (Wildman–Crippen LogP) is 7.03. The van der Waals surface area contributed by atoms with Crippen LogP contribution >= 0.6 is 11.6 Å². The van der Waals surface area contributed by atoms with Crippen LogP contribution in [0.5, 0.6) is 5.75 Å². The maximum Gasteiger partial charge on any atom is 0.306 e. The number of hydrogen-bond donors (Lipinski definition) is 0. The number of benzene rings is 2. The van der Waals surface area contributed by atoms with E-state index in [4.69, 9.17) is 25.8 Å². The number of esters is 1. The molecule has 0 bridgehead atoms. The zero-order valence-electron chi connectivity index (χ0n) is 21.8. The summed E-state index contributed by atoms with van der Waals surface area (Å²) in [7, 11) is 0. The molecule has 1 unspecified atom stereocenters. The Labute approximate surface area is 229 Å². The number of carbonyl (C=O) groups excluding carboxylic acids is 1. The molecule has 9 heteroatoms. The summed E-state index contributed by atoms with van der Waals surface area (Å²) >= 11 is 5.86. The molecule has 1 fully saturated rings. The molecule has 0 aliphatic carbocycles. The van der Waals surface area contributed by atoms with Crippen molar-refractivity contribution in [2.75, 3.05) is 13.2 Å². The molecule has 0 N–H and O–H groups in total. The largest absolute Gasteiger partial charge is 0.493 e. The Hall–Kier alpha value is -3.36. The molecule has 1 heterocycles. The first kappa shape index (κ1) is 30.9. The lowest BCUT2D eigenvalue weighted by molar-refractivity contribution is -0.763. The highest BCUT2D eigenvalue weighted by Gasteiger charge is 2.10. The summed E-state index contributed by atoms with van der Waals surface area (Å²) < 4.78 is 16.2. The lowest BCUT2D eigenvalue weighted by Crippen LogP contribution is -2.04. The molecule has 2 aromatic rings. The Bertz CT molecular complexity index is 1020. The zero-order chi connectivity index (χ0) is 27.4. The third-order valence-corrected chi connectivity index (χ3v) is 5.65. The lowest BCUT2D eigenvalue weighted by Gasteiger charge is -2.05. The molecule has 3 rings (SSSR count). The van der Waals surface area contributed by atoms with E-state index in [2.05, 4.69) is 17.0 Å². The maximum atomic E-state index is 11.5. The van der Waals surface area contributed by atoms with Gasteiger partial charge in [-0.3, -0.25) is 4.79 Å². The van der Waals surface area contributed by atoms with Gasteiger partial charge < -0.3 is 19.0 Å². The second-order valence-corrected chi connectivity index (χ2v) is 8.95. The van der Waals surface area contributed by atoms with Crippen LogP contribution in [-0.4, -0.2) is 30.4 Å². The zero-order valence-corrected chi connectivity index (χ0v) is 22.5. The Balaban J connectivity index is 0.000000272. The van der Waals surface area contributed by atoms with E-state index in [1.165, 1.54) is 6.42 Å². The van der Waals surface area contributed by atoms with E-state index in [-0.39, 0.29) is 19.2 Å². The van der Waals surface area contributed by atoms with E-state index >= 15 is 0 Å². The van der Waals surface area contributed by atoms with Crippen molar-refractivity contribution in [2.24, 2.45) is 0 Å². The summed E-state index contributed by atoms with van der Waals surface area (Å²) in [6, 6.07) is 14.4. The van der Waals surface area contributed by atoms with Crippen LogP contribution in [-0.2, 0) is 32.3 Å². The second kappa shape index (κ2) is 18.8. The van der Waals surface area contributed by atoms with Crippen LogP contribution in [0.15, 0.2) is 72.8 Å². The van der Waals surface area contributed by atoms with Gasteiger partial charge in [0.2, 0.25) is 0 Å². The molecular weight excluding hydrogens is 510 g/mol. The number of unbranched alkanes of at least 4 members (excludes halogenated alkanes) is 1. The average molecular weight is 546 g/mol. The van der Waals surface area contributed by atoms with E-state index in [1.54, 1.807) is 24.3 Å². The highest BCUT2D eigenvalue weighted by Crippen LogP contribution is 2.17. The van der Waals surface area contributed by atoms with E-state index in [9.17, 15) is 14.9 Å². The van der Waals surface area contributed by atoms with Gasteiger partial charge in [-0.15, -0.1) is 10.1 Å². The number of ether oxygens (including phenoxy) is 3. The van der Waals surface area contributed by atoms with Crippen LogP contribution in [0.2, 0.25) is 5.02 Å². The molecular formula is C29H36ClNO7. The van der Waals surface area contributed by atoms with Crippen LogP contribution in [0.25, 0.3) is 0 Å². The van der Waals surface area contributed by atoms with Crippen molar-refractivity contribution < 1.29 is 28.9 Å². The molecule has 0 radical (unpaired) electrons. The van der Waals surface area contributed by atoms with Gasteiger partial charge in [-0.2, -0.15) is 0 Å². The van der Waals surface area contributed by atoms with Crippen molar-refractivity contribution in [1.82, 2.24) is 0 Å². The maximum absolute atomic E-state index is 11.5. The van der Waals surface area contributed by atoms with Gasteiger partial charge in [-0.1, -0.05) is 66.2 Å². The van der Waals surface area contributed by atoms with Crippen molar-refractivity contribution >= 4 is 17.6 Å². The number of nitrogens with zero attached hydrogens (tertiary/aromatic N) is 1. The minimum Gasteiger partial charge on any atom is -0.493 e. The standard InChI is InChI=1S/C15H19NO5.C14H17ClO2/c1-2-3-4-5-6-15(17)20-11-13-7-9-14(10-8-13)12-21-16(18)19;15-12-5-3-7-14(11-12)17-9-2-1-6-13-8-4-10-16-13/h2-3,7-10H,4-6,11-12H2,1H3;1,3,5-7,11,13H,2,4,8-10H2/b3-2-;6-1+. The van der Waals surface area contributed by atoms with Crippen molar-refractivity contribution in [1.29, 1.82) is 0 Å². The fourth-order valence-corrected chi connectivity index (χ4v) is 3.61. The van der Waals surface area contributed by atoms with Crippen LogP contribution in [0, 0.1) is 10.1 Å². The van der Waals surface area contributed by atoms with Gasteiger partial charge in [0.15, 0.2) is 0 Å². The van der Waals surface area contributed by atoms with Crippen molar-refractivity contribution in [3.8, 4) is 5.75 Å². The number of rotatable bonds is 14. The Morgan fingerprint density at radius 3 is 2.55 bits per heavy atom. The molecule has 0 spiro atoms. The predicted molar refractivity (Wildman–Crippen MR) is 146 cm³/mol. The van der Waals surface area contributed by atoms with Crippen LogP contribution in [0.4, 0.5) is 0 Å². The van der Waals surface area contributed by atoms with Crippen LogP contribution in [0.1, 0.15) is 56.6 Å². The van der Waals surface area contributed by atoms with Gasteiger partial charge in [-0.05, 0) is 68.4 Å². The topological polar surface area (TPSA) is 97.1 Å². The number of halogens is 1. The van der Waals surface area contributed by atoms with E-state index in [0.29, 0.717) is 29.7 Å². The van der Waals surface area contributed by atoms with Crippen molar-refractivity contribution in [2.45, 2.75) is 64.8 Å². The quantitative estimate of drug-likeness (QED) is 0.0826. The monoisotopic (exact) mass is 545 g/mol. The molecule has 2 aromatic carbocycles. The number of hydrogen-bond acceptors (Lipinski definition) is 7. The normalized spacial score (nSPS) is 14.7. The van der Waals surface area contributed by atoms with Crippen LogP contribution in [0.3, 0.4) is 0 Å². The SMILES string of the molecule is C/C=C\CCCC(=O)OCc1ccc(CO[N+](=O)[O-])cc1.Clc1cccc(OCC/C=C/C2CCCO2)c1. The average Bonchev–Trinajstić information content (AvgIpc) is 3.43. The summed E-state index contributed by atoms with van der Waals surface area (Å²) in [5.41, 5.74) is 1.52. The van der Waals surface area contributed by atoms with E-state index < -0.39 is 5.09 Å². The fraction of sp³-hybridized carbons (Fsp3) is 0.414. The smallest absolute Gasteiger partial charge is 0.306 e. The van der Waals surface area contributed by atoms with Gasteiger partial charge >= 0.3 is 5.97 Å². The summed E-state index contributed by atoms with van der Waals surface area (Å²) in [5, 5.41) is 9.94. The first-order valence-electron chi connectivity index (χ1n) is 12.7. The minimum absolute atomic E-state index is 0.0853. The first-order valence-corrected chi connectivity index (χ1v) is 13.1. The number of allylic oxidation sites excluding steroid dienone is 2. The third-order valence-electron chi connectivity index (χ3n) is 5.41. The van der Waals surface area contributed by atoms with Crippen molar-refractivity contribution in [3.05, 3.63) is 99.1 Å². The van der Waals surface area contributed by atoms with E-state index in [0.717, 1.165) is 43.6 Å². The van der Waals surface area contributed by atoms with Gasteiger partial charge in [0.25, 0.3) is 5.09 Å². The molecule has 1 atom stereocenters.